The van der Waals surface area contributed by atoms with E-state index in [1.165, 1.54) is 38.5 Å². The fraction of sp³-hybridized carbons (Fsp3) is 1.00. The van der Waals surface area contributed by atoms with Gasteiger partial charge in [-0.05, 0) is 26.7 Å². The van der Waals surface area contributed by atoms with Crippen LogP contribution in [0.2, 0.25) is 0 Å². The lowest BCUT2D eigenvalue weighted by Crippen LogP contribution is -2.24. The Bertz CT molecular complexity index is 137. The first-order valence-electron chi connectivity index (χ1n) is 5.43. The number of hydrogen-bond acceptors (Lipinski definition) is 2. The van der Waals surface area contributed by atoms with Gasteiger partial charge in [-0.3, -0.25) is 0 Å². The Morgan fingerprint density at radius 2 is 1.69 bits per heavy atom. The Balaban J connectivity index is 2.33. The summed E-state index contributed by atoms with van der Waals surface area (Å²) < 4.78 is 0.0645. The van der Waals surface area contributed by atoms with Gasteiger partial charge in [0.15, 0.2) is 0 Å². The average Bonchev–Trinajstić information content (AvgIpc) is 2.32. The number of rotatable bonds is 3. The maximum Gasteiger partial charge on any atom is 0.0572 e. The Hall–Kier alpha value is 0.310. The molecule has 0 spiro atoms. The molecule has 0 aromatic rings. The van der Waals surface area contributed by atoms with Crippen LogP contribution in [0.5, 0.6) is 0 Å². The van der Waals surface area contributed by atoms with E-state index >= 15 is 0 Å². The normalized spacial score (nSPS) is 21.5. The molecule has 0 unspecified atom stereocenters. The van der Waals surface area contributed by atoms with Crippen molar-refractivity contribution in [2.24, 2.45) is 0 Å². The Morgan fingerprint density at radius 3 is 2.15 bits per heavy atom. The zero-order valence-corrected chi connectivity index (χ0v) is 9.70. The number of hydrogen-bond donors (Lipinski definition) is 1. The molecule has 1 saturated carbocycles. The first-order valence-corrected chi connectivity index (χ1v) is 6.31. The molecule has 1 nitrogen and oxygen atoms in total. The highest BCUT2D eigenvalue weighted by Gasteiger charge is 2.23. The SMILES string of the molecule is CC(C)(CO)SC1CCCCCC1. The smallest absolute Gasteiger partial charge is 0.0572 e. The van der Waals surface area contributed by atoms with E-state index in [1.54, 1.807) is 0 Å². The van der Waals surface area contributed by atoms with E-state index in [0.29, 0.717) is 6.61 Å². The zero-order chi connectivity index (χ0) is 9.73. The van der Waals surface area contributed by atoms with Gasteiger partial charge in [0.1, 0.15) is 0 Å². The lowest BCUT2D eigenvalue weighted by Gasteiger charge is -2.26. The second kappa shape index (κ2) is 5.26. The largest absolute Gasteiger partial charge is 0.395 e. The maximum atomic E-state index is 9.17. The van der Waals surface area contributed by atoms with Crippen molar-refractivity contribution in [1.82, 2.24) is 0 Å². The van der Waals surface area contributed by atoms with Gasteiger partial charge in [0.2, 0.25) is 0 Å². The van der Waals surface area contributed by atoms with E-state index in [9.17, 15) is 5.11 Å². The molecule has 1 N–H and O–H groups in total. The van der Waals surface area contributed by atoms with Crippen molar-refractivity contribution in [2.45, 2.75) is 62.4 Å². The summed E-state index contributed by atoms with van der Waals surface area (Å²) >= 11 is 1.99. The highest BCUT2D eigenvalue weighted by atomic mass is 32.2. The summed E-state index contributed by atoms with van der Waals surface area (Å²) in [5.74, 6) is 0. The van der Waals surface area contributed by atoms with Crippen molar-refractivity contribution in [2.75, 3.05) is 6.61 Å². The third kappa shape index (κ3) is 4.37. The van der Waals surface area contributed by atoms with Crippen LogP contribution in [0.15, 0.2) is 0 Å². The molecule has 0 heterocycles. The molecule has 2 heteroatoms. The van der Waals surface area contributed by atoms with Crippen LogP contribution in [0.1, 0.15) is 52.4 Å². The monoisotopic (exact) mass is 202 g/mol. The third-order valence-electron chi connectivity index (χ3n) is 2.67. The minimum absolute atomic E-state index is 0.0645. The van der Waals surface area contributed by atoms with E-state index in [1.807, 2.05) is 11.8 Å². The van der Waals surface area contributed by atoms with Crippen LogP contribution in [0, 0.1) is 0 Å². The van der Waals surface area contributed by atoms with Crippen LogP contribution in [0.3, 0.4) is 0 Å². The van der Waals surface area contributed by atoms with Crippen molar-refractivity contribution >= 4 is 11.8 Å². The predicted molar refractivity (Wildman–Crippen MR) is 60.2 cm³/mol. The summed E-state index contributed by atoms with van der Waals surface area (Å²) in [5.41, 5.74) is 0. The van der Waals surface area contributed by atoms with Crippen LogP contribution < -0.4 is 0 Å². The maximum absolute atomic E-state index is 9.17. The average molecular weight is 202 g/mol. The first-order chi connectivity index (χ1) is 6.14. The van der Waals surface area contributed by atoms with Gasteiger partial charge in [0.05, 0.1) is 6.61 Å². The summed E-state index contributed by atoms with van der Waals surface area (Å²) in [5, 5.41) is 9.97. The minimum atomic E-state index is 0.0645. The molecule has 0 radical (unpaired) electrons. The van der Waals surface area contributed by atoms with Gasteiger partial charge >= 0.3 is 0 Å². The van der Waals surface area contributed by atoms with E-state index in [-0.39, 0.29) is 4.75 Å². The van der Waals surface area contributed by atoms with Crippen molar-refractivity contribution in [3.05, 3.63) is 0 Å². The molecule has 1 fully saturated rings. The molecular formula is C11H22OS. The summed E-state index contributed by atoms with van der Waals surface area (Å²) in [6, 6.07) is 0. The molecule has 1 rings (SSSR count). The summed E-state index contributed by atoms with van der Waals surface area (Å²) in [6.07, 6.45) is 8.31. The van der Waals surface area contributed by atoms with E-state index in [2.05, 4.69) is 13.8 Å². The molecule has 1 aliphatic carbocycles. The number of thioether (sulfide) groups is 1. The van der Waals surface area contributed by atoms with Crippen LogP contribution in [-0.2, 0) is 0 Å². The van der Waals surface area contributed by atoms with Gasteiger partial charge in [-0.2, -0.15) is 0 Å². The quantitative estimate of drug-likeness (QED) is 0.709. The minimum Gasteiger partial charge on any atom is -0.395 e. The summed E-state index contributed by atoms with van der Waals surface area (Å²) in [7, 11) is 0. The lowest BCUT2D eigenvalue weighted by atomic mass is 10.2. The summed E-state index contributed by atoms with van der Waals surface area (Å²) in [6.45, 7) is 4.58. The first kappa shape index (κ1) is 11.4. The molecule has 0 bridgehead atoms. The summed E-state index contributed by atoms with van der Waals surface area (Å²) in [4.78, 5) is 0. The van der Waals surface area contributed by atoms with Crippen LogP contribution in [0.4, 0.5) is 0 Å². The Kier molecular flexibility index (Phi) is 4.60. The van der Waals surface area contributed by atoms with Crippen LogP contribution in [-0.4, -0.2) is 21.7 Å². The molecule has 0 aromatic carbocycles. The predicted octanol–water partition coefficient (Wildman–Crippen LogP) is 3.21. The lowest BCUT2D eigenvalue weighted by molar-refractivity contribution is 0.264. The second-order valence-corrected chi connectivity index (χ2v) is 6.66. The fourth-order valence-electron chi connectivity index (χ4n) is 1.85. The molecule has 0 amide bonds. The Morgan fingerprint density at radius 1 is 1.15 bits per heavy atom. The molecular weight excluding hydrogens is 180 g/mol. The molecule has 0 aliphatic heterocycles. The van der Waals surface area contributed by atoms with Crippen LogP contribution >= 0.6 is 11.8 Å². The highest BCUT2D eigenvalue weighted by molar-refractivity contribution is 8.01. The molecule has 0 atom stereocenters. The molecule has 0 aromatic heterocycles. The van der Waals surface area contributed by atoms with Gasteiger partial charge < -0.3 is 5.11 Å². The number of aliphatic hydroxyl groups excluding tert-OH is 1. The topological polar surface area (TPSA) is 20.2 Å². The van der Waals surface area contributed by atoms with Gasteiger partial charge in [0.25, 0.3) is 0 Å². The van der Waals surface area contributed by atoms with Crippen molar-refractivity contribution < 1.29 is 5.11 Å². The molecule has 1 aliphatic rings. The third-order valence-corrected chi connectivity index (χ3v) is 4.24. The van der Waals surface area contributed by atoms with Gasteiger partial charge in [-0.15, -0.1) is 11.8 Å². The van der Waals surface area contributed by atoms with Gasteiger partial charge in [-0.1, -0.05) is 25.7 Å². The second-order valence-electron chi connectivity index (χ2n) is 4.65. The van der Waals surface area contributed by atoms with Crippen molar-refractivity contribution in [1.29, 1.82) is 0 Å². The fourth-order valence-corrected chi connectivity index (χ4v) is 3.39. The van der Waals surface area contributed by atoms with Crippen molar-refractivity contribution in [3.8, 4) is 0 Å². The molecule has 78 valence electrons. The highest BCUT2D eigenvalue weighted by Crippen LogP contribution is 2.35. The molecule has 13 heavy (non-hydrogen) atoms. The van der Waals surface area contributed by atoms with E-state index in [4.69, 9.17) is 0 Å². The van der Waals surface area contributed by atoms with Gasteiger partial charge in [0, 0.05) is 10.00 Å². The standard InChI is InChI=1S/C11H22OS/c1-11(2,9-12)13-10-7-5-3-4-6-8-10/h10,12H,3-9H2,1-2H3. The zero-order valence-electron chi connectivity index (χ0n) is 8.88. The van der Waals surface area contributed by atoms with Gasteiger partial charge in [-0.25, -0.2) is 0 Å². The van der Waals surface area contributed by atoms with Crippen molar-refractivity contribution in [3.63, 3.8) is 0 Å². The van der Waals surface area contributed by atoms with Crippen LogP contribution in [0.25, 0.3) is 0 Å². The van der Waals surface area contributed by atoms with E-state index in [0.717, 1.165) is 5.25 Å². The molecule has 0 saturated heterocycles. The Labute approximate surface area is 86.3 Å². The van der Waals surface area contributed by atoms with E-state index < -0.39 is 0 Å². The number of aliphatic hydroxyl groups is 1.